The standard InChI is InChI=1S/C16H18BrNS/c17-14-9-7-12(8-10-14)15-11-19-16(18-15)13-5-3-1-2-4-6-13/h7-11,13H,1-6H2. The van der Waals surface area contributed by atoms with Crippen molar-refractivity contribution < 1.29 is 0 Å². The molecule has 3 rings (SSSR count). The molecule has 1 saturated carbocycles. The Labute approximate surface area is 127 Å². The lowest BCUT2D eigenvalue weighted by Crippen LogP contribution is -1.96. The molecule has 1 fully saturated rings. The third kappa shape index (κ3) is 3.26. The molecule has 0 unspecified atom stereocenters. The minimum Gasteiger partial charge on any atom is -0.241 e. The van der Waals surface area contributed by atoms with Crippen LogP contribution in [0.1, 0.15) is 49.5 Å². The van der Waals surface area contributed by atoms with Gasteiger partial charge in [0.05, 0.1) is 10.7 Å². The van der Waals surface area contributed by atoms with Gasteiger partial charge in [0.1, 0.15) is 0 Å². The lowest BCUT2D eigenvalue weighted by molar-refractivity contribution is 0.589. The molecule has 0 radical (unpaired) electrons. The Balaban J connectivity index is 1.80. The van der Waals surface area contributed by atoms with E-state index in [1.165, 1.54) is 49.1 Å². The van der Waals surface area contributed by atoms with Crippen LogP contribution < -0.4 is 0 Å². The molecular weight excluding hydrogens is 318 g/mol. The zero-order valence-electron chi connectivity index (χ0n) is 10.9. The molecule has 1 aromatic carbocycles. The highest BCUT2D eigenvalue weighted by molar-refractivity contribution is 9.10. The first-order chi connectivity index (χ1) is 9.33. The third-order valence-electron chi connectivity index (χ3n) is 3.87. The second-order valence-corrected chi connectivity index (χ2v) is 7.07. The van der Waals surface area contributed by atoms with Crippen molar-refractivity contribution in [3.05, 3.63) is 39.1 Å². The molecule has 1 aromatic heterocycles. The fraction of sp³-hybridized carbons (Fsp3) is 0.438. The molecule has 2 aromatic rings. The van der Waals surface area contributed by atoms with Gasteiger partial charge in [0.25, 0.3) is 0 Å². The predicted molar refractivity (Wildman–Crippen MR) is 85.7 cm³/mol. The molecule has 3 heteroatoms. The molecule has 0 saturated heterocycles. The summed E-state index contributed by atoms with van der Waals surface area (Å²) in [6.45, 7) is 0. The van der Waals surface area contributed by atoms with Crippen molar-refractivity contribution in [2.24, 2.45) is 0 Å². The molecule has 0 spiro atoms. The van der Waals surface area contributed by atoms with Crippen LogP contribution >= 0.6 is 27.3 Å². The molecule has 1 nitrogen and oxygen atoms in total. The van der Waals surface area contributed by atoms with Crippen molar-refractivity contribution in [1.29, 1.82) is 0 Å². The van der Waals surface area contributed by atoms with Gasteiger partial charge in [-0.15, -0.1) is 11.3 Å². The topological polar surface area (TPSA) is 12.9 Å². The summed E-state index contributed by atoms with van der Waals surface area (Å²) in [7, 11) is 0. The first kappa shape index (κ1) is 13.3. The second-order valence-electron chi connectivity index (χ2n) is 5.27. The van der Waals surface area contributed by atoms with Crippen LogP contribution in [0.3, 0.4) is 0 Å². The zero-order valence-corrected chi connectivity index (χ0v) is 13.3. The number of nitrogens with zero attached hydrogens (tertiary/aromatic N) is 1. The van der Waals surface area contributed by atoms with Gasteiger partial charge in [0.2, 0.25) is 0 Å². The normalized spacial score (nSPS) is 17.3. The number of hydrogen-bond acceptors (Lipinski definition) is 2. The van der Waals surface area contributed by atoms with E-state index in [0.29, 0.717) is 5.92 Å². The molecular formula is C16H18BrNS. The van der Waals surface area contributed by atoms with Crippen LogP contribution in [0.5, 0.6) is 0 Å². The van der Waals surface area contributed by atoms with Crippen molar-refractivity contribution in [2.75, 3.05) is 0 Å². The number of rotatable bonds is 2. The van der Waals surface area contributed by atoms with Crippen molar-refractivity contribution in [2.45, 2.75) is 44.4 Å². The van der Waals surface area contributed by atoms with Gasteiger partial charge in [-0.25, -0.2) is 4.98 Å². The van der Waals surface area contributed by atoms with Crippen molar-refractivity contribution in [3.8, 4) is 11.3 Å². The van der Waals surface area contributed by atoms with Gasteiger partial charge in [0.15, 0.2) is 0 Å². The summed E-state index contributed by atoms with van der Waals surface area (Å²) in [5, 5.41) is 3.56. The Bertz CT molecular complexity index is 524. The molecule has 0 N–H and O–H groups in total. The summed E-state index contributed by atoms with van der Waals surface area (Å²) in [5.41, 5.74) is 2.36. The first-order valence-electron chi connectivity index (χ1n) is 7.04. The van der Waals surface area contributed by atoms with E-state index in [9.17, 15) is 0 Å². The smallest absolute Gasteiger partial charge is 0.0963 e. The maximum atomic E-state index is 4.88. The molecule has 0 atom stereocenters. The summed E-state index contributed by atoms with van der Waals surface area (Å²) in [4.78, 5) is 4.88. The number of hydrogen-bond donors (Lipinski definition) is 0. The highest BCUT2D eigenvalue weighted by Crippen LogP contribution is 2.35. The first-order valence-corrected chi connectivity index (χ1v) is 8.71. The minimum absolute atomic E-state index is 0.705. The highest BCUT2D eigenvalue weighted by Gasteiger charge is 2.17. The largest absolute Gasteiger partial charge is 0.241 e. The van der Waals surface area contributed by atoms with Gasteiger partial charge in [0, 0.05) is 21.3 Å². The molecule has 100 valence electrons. The number of thiazole rings is 1. The van der Waals surface area contributed by atoms with Crippen LogP contribution in [0, 0.1) is 0 Å². The summed E-state index contributed by atoms with van der Waals surface area (Å²) in [6.07, 6.45) is 8.21. The van der Waals surface area contributed by atoms with E-state index in [1.54, 1.807) is 0 Å². The molecule has 1 aliphatic rings. The number of halogens is 1. The van der Waals surface area contributed by atoms with Gasteiger partial charge in [-0.2, -0.15) is 0 Å². The quantitative estimate of drug-likeness (QED) is 0.612. The molecule has 1 heterocycles. The highest BCUT2D eigenvalue weighted by atomic mass is 79.9. The molecule has 1 aliphatic carbocycles. The van der Waals surface area contributed by atoms with Gasteiger partial charge in [-0.3, -0.25) is 0 Å². The molecule has 0 amide bonds. The van der Waals surface area contributed by atoms with Gasteiger partial charge in [-0.1, -0.05) is 53.7 Å². The average molecular weight is 336 g/mol. The maximum absolute atomic E-state index is 4.88. The van der Waals surface area contributed by atoms with E-state index in [2.05, 4.69) is 45.6 Å². The summed E-state index contributed by atoms with van der Waals surface area (Å²) < 4.78 is 1.12. The van der Waals surface area contributed by atoms with E-state index < -0.39 is 0 Å². The SMILES string of the molecule is Brc1ccc(-c2csc(C3CCCCCC3)n2)cc1. The Morgan fingerprint density at radius 1 is 1.00 bits per heavy atom. The molecule has 0 bridgehead atoms. The lowest BCUT2D eigenvalue weighted by Gasteiger charge is -2.09. The van der Waals surface area contributed by atoms with Crippen LogP contribution in [0.2, 0.25) is 0 Å². The van der Waals surface area contributed by atoms with Gasteiger partial charge >= 0.3 is 0 Å². The Hall–Kier alpha value is -0.670. The fourth-order valence-corrected chi connectivity index (χ4v) is 4.02. The van der Waals surface area contributed by atoms with Crippen LogP contribution in [-0.2, 0) is 0 Å². The van der Waals surface area contributed by atoms with Crippen LogP contribution in [0.25, 0.3) is 11.3 Å². The monoisotopic (exact) mass is 335 g/mol. The summed E-state index contributed by atoms with van der Waals surface area (Å²) in [6, 6.07) is 8.44. The van der Waals surface area contributed by atoms with Gasteiger partial charge in [-0.05, 0) is 25.0 Å². The number of benzene rings is 1. The van der Waals surface area contributed by atoms with E-state index in [-0.39, 0.29) is 0 Å². The minimum atomic E-state index is 0.705. The van der Waals surface area contributed by atoms with Gasteiger partial charge < -0.3 is 0 Å². The van der Waals surface area contributed by atoms with Crippen LogP contribution in [0.15, 0.2) is 34.1 Å². The molecule has 0 aliphatic heterocycles. The number of aromatic nitrogens is 1. The Morgan fingerprint density at radius 3 is 2.37 bits per heavy atom. The summed E-state index contributed by atoms with van der Waals surface area (Å²) in [5.74, 6) is 0.705. The van der Waals surface area contributed by atoms with E-state index in [1.807, 2.05) is 11.3 Å². The zero-order chi connectivity index (χ0) is 13.1. The average Bonchev–Trinajstić information content (AvgIpc) is 2.76. The second kappa shape index (κ2) is 6.19. The maximum Gasteiger partial charge on any atom is 0.0963 e. The van der Waals surface area contributed by atoms with E-state index in [4.69, 9.17) is 4.98 Å². The summed E-state index contributed by atoms with van der Waals surface area (Å²) >= 11 is 5.32. The molecule has 19 heavy (non-hydrogen) atoms. The van der Waals surface area contributed by atoms with E-state index >= 15 is 0 Å². The Morgan fingerprint density at radius 2 is 1.68 bits per heavy atom. The fourth-order valence-electron chi connectivity index (χ4n) is 2.75. The van der Waals surface area contributed by atoms with Crippen molar-refractivity contribution >= 4 is 27.3 Å². The van der Waals surface area contributed by atoms with Crippen molar-refractivity contribution in [3.63, 3.8) is 0 Å². The lowest BCUT2D eigenvalue weighted by atomic mass is 10.0. The van der Waals surface area contributed by atoms with Crippen molar-refractivity contribution in [1.82, 2.24) is 4.98 Å². The van der Waals surface area contributed by atoms with E-state index in [0.717, 1.165) is 10.2 Å². The Kier molecular flexibility index (Phi) is 4.34. The predicted octanol–water partition coefficient (Wildman–Crippen LogP) is 6.01. The van der Waals surface area contributed by atoms with Crippen LogP contribution in [-0.4, -0.2) is 4.98 Å². The third-order valence-corrected chi connectivity index (χ3v) is 5.40. The van der Waals surface area contributed by atoms with Crippen LogP contribution in [0.4, 0.5) is 0 Å².